The predicted octanol–water partition coefficient (Wildman–Crippen LogP) is 3.07. The number of hydrogen-bond donors (Lipinski definition) is 2. The molecule has 0 aliphatic heterocycles. The quantitative estimate of drug-likeness (QED) is 0.856. The van der Waals surface area contributed by atoms with E-state index in [9.17, 15) is 4.79 Å². The van der Waals surface area contributed by atoms with E-state index >= 15 is 0 Å². The lowest BCUT2D eigenvalue weighted by molar-refractivity contribution is -0.123. The molecule has 0 radical (unpaired) electrons. The molecule has 5 nitrogen and oxygen atoms in total. The summed E-state index contributed by atoms with van der Waals surface area (Å²) >= 11 is 0. The topological polar surface area (TPSA) is 81.2 Å². The molecule has 3 N–H and O–H groups in total. The molecule has 22 heavy (non-hydrogen) atoms. The molecule has 2 unspecified atom stereocenters. The van der Waals surface area contributed by atoms with Crippen molar-refractivity contribution in [1.82, 2.24) is 10.3 Å². The molecule has 0 aliphatic carbocycles. The summed E-state index contributed by atoms with van der Waals surface area (Å²) in [4.78, 5) is 16.1. The van der Waals surface area contributed by atoms with E-state index in [0.29, 0.717) is 18.1 Å². The Morgan fingerprint density at radius 3 is 2.68 bits per heavy atom. The summed E-state index contributed by atoms with van der Waals surface area (Å²) in [6.07, 6.45) is 3.21. The van der Waals surface area contributed by atoms with Crippen molar-refractivity contribution in [1.29, 1.82) is 0 Å². The van der Waals surface area contributed by atoms with Crippen LogP contribution >= 0.6 is 12.4 Å². The average molecular weight is 324 g/mol. The van der Waals surface area contributed by atoms with Crippen LogP contribution in [0.5, 0.6) is 0 Å². The largest absolute Gasteiger partial charge is 0.438 e. The second-order valence-corrected chi connectivity index (χ2v) is 5.05. The molecule has 2 rings (SSSR count). The lowest BCUT2D eigenvalue weighted by atomic mass is 10.1. The summed E-state index contributed by atoms with van der Waals surface area (Å²) in [5, 5.41) is 2.83. The highest BCUT2D eigenvalue weighted by molar-refractivity contribution is 5.85. The van der Waals surface area contributed by atoms with E-state index in [2.05, 4.69) is 10.3 Å². The molecule has 0 aliphatic rings. The molecule has 1 aromatic carbocycles. The smallest absolute Gasteiger partial charge is 0.237 e. The monoisotopic (exact) mass is 323 g/mol. The van der Waals surface area contributed by atoms with E-state index in [1.54, 1.807) is 6.20 Å². The lowest BCUT2D eigenvalue weighted by Gasteiger charge is -2.14. The summed E-state index contributed by atoms with van der Waals surface area (Å²) in [5.41, 5.74) is 6.74. The van der Waals surface area contributed by atoms with Crippen molar-refractivity contribution < 1.29 is 9.21 Å². The van der Waals surface area contributed by atoms with Crippen LogP contribution in [-0.2, 0) is 4.79 Å². The first-order chi connectivity index (χ1) is 10.1. The fourth-order valence-corrected chi connectivity index (χ4v) is 2.05. The molecule has 0 spiro atoms. The first kappa shape index (κ1) is 18.2. The molecule has 6 heteroatoms. The average Bonchev–Trinajstić information content (AvgIpc) is 2.98. The number of rotatable bonds is 6. The first-order valence-electron chi connectivity index (χ1n) is 7.19. The molecular weight excluding hydrogens is 302 g/mol. The Kier molecular flexibility index (Phi) is 7.08. The van der Waals surface area contributed by atoms with Gasteiger partial charge >= 0.3 is 0 Å². The summed E-state index contributed by atoms with van der Waals surface area (Å²) in [6, 6.07) is 8.92. The van der Waals surface area contributed by atoms with Crippen LogP contribution < -0.4 is 11.1 Å². The fraction of sp³-hybridized carbons (Fsp3) is 0.375. The Hall–Kier alpha value is -1.85. The van der Waals surface area contributed by atoms with Gasteiger partial charge in [-0.3, -0.25) is 4.79 Å². The van der Waals surface area contributed by atoms with Crippen LogP contribution in [0.25, 0.3) is 11.3 Å². The van der Waals surface area contributed by atoms with Crippen molar-refractivity contribution >= 4 is 18.3 Å². The third-order valence-corrected chi connectivity index (χ3v) is 3.25. The highest BCUT2D eigenvalue weighted by Crippen LogP contribution is 2.22. The number of benzene rings is 1. The van der Waals surface area contributed by atoms with Crippen LogP contribution in [-0.4, -0.2) is 16.9 Å². The van der Waals surface area contributed by atoms with Gasteiger partial charge in [0.2, 0.25) is 11.8 Å². The van der Waals surface area contributed by atoms with Gasteiger partial charge in [-0.15, -0.1) is 12.4 Å². The van der Waals surface area contributed by atoms with Gasteiger partial charge < -0.3 is 15.5 Å². The highest BCUT2D eigenvalue weighted by Gasteiger charge is 2.19. The van der Waals surface area contributed by atoms with Crippen LogP contribution in [0, 0.1) is 0 Å². The molecule has 0 bridgehead atoms. The fourth-order valence-electron chi connectivity index (χ4n) is 2.05. The van der Waals surface area contributed by atoms with E-state index in [1.807, 2.05) is 44.2 Å². The number of hydrogen-bond acceptors (Lipinski definition) is 4. The molecule has 1 amide bonds. The predicted molar refractivity (Wildman–Crippen MR) is 88.6 cm³/mol. The molecule has 2 atom stereocenters. The van der Waals surface area contributed by atoms with Crippen molar-refractivity contribution in [2.24, 2.45) is 5.73 Å². The van der Waals surface area contributed by atoms with Gasteiger partial charge in [0.05, 0.1) is 12.2 Å². The molecule has 120 valence electrons. The van der Waals surface area contributed by atoms with E-state index in [-0.39, 0.29) is 24.4 Å². The van der Waals surface area contributed by atoms with E-state index in [4.69, 9.17) is 10.2 Å². The number of nitrogens with zero attached hydrogens (tertiary/aromatic N) is 1. The Morgan fingerprint density at radius 2 is 2.05 bits per heavy atom. The van der Waals surface area contributed by atoms with Crippen LogP contribution in [0.1, 0.15) is 38.6 Å². The van der Waals surface area contributed by atoms with Crippen molar-refractivity contribution in [3.8, 4) is 11.3 Å². The Labute approximate surface area is 136 Å². The van der Waals surface area contributed by atoms with Gasteiger partial charge in [-0.2, -0.15) is 0 Å². The summed E-state index contributed by atoms with van der Waals surface area (Å²) in [6.45, 7) is 3.83. The van der Waals surface area contributed by atoms with Crippen LogP contribution in [0.2, 0.25) is 0 Å². The zero-order valence-electron chi connectivity index (χ0n) is 12.8. The zero-order chi connectivity index (χ0) is 15.2. The molecular formula is C16H22ClN3O2. The van der Waals surface area contributed by atoms with E-state index in [1.165, 1.54) is 0 Å². The molecule has 2 aromatic rings. The number of halogens is 1. The Balaban J connectivity index is 0.00000242. The van der Waals surface area contributed by atoms with Crippen LogP contribution in [0.4, 0.5) is 0 Å². The third-order valence-electron chi connectivity index (χ3n) is 3.25. The van der Waals surface area contributed by atoms with Crippen molar-refractivity contribution in [3.05, 3.63) is 42.4 Å². The van der Waals surface area contributed by atoms with Crippen LogP contribution in [0.15, 0.2) is 40.9 Å². The number of aromatic nitrogens is 1. The molecule has 1 heterocycles. The second-order valence-electron chi connectivity index (χ2n) is 5.05. The molecule has 1 aromatic heterocycles. The number of carbonyl (C=O) groups excluding carboxylic acids is 1. The van der Waals surface area contributed by atoms with Gasteiger partial charge in [0.1, 0.15) is 6.04 Å². The van der Waals surface area contributed by atoms with Crippen molar-refractivity contribution in [2.75, 3.05) is 0 Å². The van der Waals surface area contributed by atoms with Crippen molar-refractivity contribution in [3.63, 3.8) is 0 Å². The SMILES string of the molecule is CCCC(N)C(=O)NC(C)c1ncc(-c2ccccc2)o1.Cl. The molecule has 0 saturated heterocycles. The number of oxazole rings is 1. The zero-order valence-corrected chi connectivity index (χ0v) is 13.6. The second kappa shape index (κ2) is 8.56. The van der Waals surface area contributed by atoms with Gasteiger partial charge in [-0.05, 0) is 13.3 Å². The minimum Gasteiger partial charge on any atom is -0.438 e. The summed E-state index contributed by atoms with van der Waals surface area (Å²) < 4.78 is 5.71. The third kappa shape index (κ3) is 4.58. The van der Waals surface area contributed by atoms with E-state index < -0.39 is 6.04 Å². The molecule has 0 saturated carbocycles. The number of nitrogens with two attached hydrogens (primary N) is 1. The summed E-state index contributed by atoms with van der Waals surface area (Å²) in [5.74, 6) is 0.985. The lowest BCUT2D eigenvalue weighted by Crippen LogP contribution is -2.41. The maximum Gasteiger partial charge on any atom is 0.237 e. The van der Waals surface area contributed by atoms with Gasteiger partial charge in [0.25, 0.3) is 0 Å². The molecule has 0 fully saturated rings. The summed E-state index contributed by atoms with van der Waals surface area (Å²) in [7, 11) is 0. The Bertz CT molecular complexity index is 586. The van der Waals surface area contributed by atoms with Gasteiger partial charge in [0, 0.05) is 5.56 Å². The van der Waals surface area contributed by atoms with Crippen LogP contribution in [0.3, 0.4) is 0 Å². The maximum absolute atomic E-state index is 11.9. The standard InChI is InChI=1S/C16H21N3O2.ClH/c1-3-7-13(17)15(20)19-11(2)16-18-10-14(21-16)12-8-5-4-6-9-12;/h4-6,8-11,13H,3,7,17H2,1-2H3,(H,19,20);1H. The van der Waals surface area contributed by atoms with Gasteiger partial charge in [-0.1, -0.05) is 43.7 Å². The van der Waals surface area contributed by atoms with Gasteiger partial charge in [-0.25, -0.2) is 4.98 Å². The number of amides is 1. The minimum absolute atomic E-state index is 0. The van der Waals surface area contributed by atoms with Crippen molar-refractivity contribution in [2.45, 2.75) is 38.8 Å². The normalized spacial score (nSPS) is 13.0. The van der Waals surface area contributed by atoms with E-state index in [0.717, 1.165) is 12.0 Å². The minimum atomic E-state index is -0.485. The number of carbonyl (C=O) groups is 1. The van der Waals surface area contributed by atoms with Gasteiger partial charge in [0.15, 0.2) is 5.76 Å². The highest BCUT2D eigenvalue weighted by atomic mass is 35.5. The Morgan fingerprint density at radius 1 is 1.36 bits per heavy atom. The first-order valence-corrected chi connectivity index (χ1v) is 7.19. The maximum atomic E-state index is 11.9. The number of nitrogens with one attached hydrogen (secondary N) is 1.